The van der Waals surface area contributed by atoms with Gasteiger partial charge in [0.25, 0.3) is 11.8 Å². The third-order valence-electron chi connectivity index (χ3n) is 6.61. The Hall–Kier alpha value is -2.22. The van der Waals surface area contributed by atoms with E-state index in [2.05, 4.69) is 63.5 Å². The van der Waals surface area contributed by atoms with Crippen LogP contribution in [-0.2, 0) is 9.59 Å². The molecule has 2 amide bonds. The highest BCUT2D eigenvalue weighted by Crippen LogP contribution is 2.49. The van der Waals surface area contributed by atoms with Crippen LogP contribution in [0.1, 0.15) is 29.8 Å². The Kier molecular flexibility index (Phi) is 4.49. The van der Waals surface area contributed by atoms with E-state index in [0.717, 1.165) is 44.1 Å². The van der Waals surface area contributed by atoms with E-state index in [4.69, 9.17) is 0 Å². The van der Waals surface area contributed by atoms with Crippen LogP contribution in [0.4, 0.5) is 0 Å². The molecule has 29 heavy (non-hydrogen) atoms. The fraction of sp³-hybridized carbons (Fsp3) is 0.348. The van der Waals surface area contributed by atoms with Crippen molar-refractivity contribution in [1.82, 2.24) is 9.58 Å². The van der Waals surface area contributed by atoms with Crippen molar-refractivity contribution in [3.05, 3.63) is 63.0 Å². The smallest absolute Gasteiger partial charge is 0.254 e. The predicted molar refractivity (Wildman–Crippen MR) is 120 cm³/mol. The van der Waals surface area contributed by atoms with Crippen molar-refractivity contribution in [2.24, 2.45) is 28.8 Å². The monoisotopic (exact) mass is 499 g/mol. The second-order valence-corrected chi connectivity index (χ2v) is 9.35. The van der Waals surface area contributed by atoms with Gasteiger partial charge in [0, 0.05) is 20.5 Å². The molecule has 4 aliphatic rings. The lowest BCUT2D eigenvalue weighted by Crippen LogP contribution is -2.38. The van der Waals surface area contributed by atoms with Gasteiger partial charge < -0.3 is 4.57 Å². The number of carbonyl (C=O) groups excluding carboxylic acids is 2. The number of aryl methyl sites for hydroxylation is 1. The fourth-order valence-electron chi connectivity index (χ4n) is 5.21. The Morgan fingerprint density at radius 2 is 1.66 bits per heavy atom. The number of halogens is 1. The molecule has 6 rings (SSSR count). The van der Waals surface area contributed by atoms with Crippen LogP contribution in [0.15, 0.2) is 47.6 Å². The summed E-state index contributed by atoms with van der Waals surface area (Å²) >= 11 is 2.33. The number of hydrogen-bond donors (Lipinski definition) is 0. The standard InChI is InChI=1S/C23H22IN3O2/c1-13-11-17(14(2)26(13)19-6-4-3-5-18(19)24)12-25-27-22(28)20-15-7-8-16(10-9-15)21(20)23(27)29/h3-8,11-12,15-16,20-21H,9-10H2,1-2H3/b25-12-/t15-,16-,20-,21+/m0/s1. The molecule has 0 unspecified atom stereocenters. The van der Waals surface area contributed by atoms with Gasteiger partial charge in [-0.2, -0.15) is 10.1 Å². The predicted octanol–water partition coefficient (Wildman–Crippen LogP) is 4.23. The molecule has 1 aliphatic heterocycles. The topological polar surface area (TPSA) is 54.7 Å². The Labute approximate surface area is 183 Å². The van der Waals surface area contributed by atoms with E-state index >= 15 is 0 Å². The minimum Gasteiger partial charge on any atom is -0.317 e. The molecule has 1 aromatic carbocycles. The van der Waals surface area contributed by atoms with E-state index in [-0.39, 0.29) is 35.5 Å². The summed E-state index contributed by atoms with van der Waals surface area (Å²) in [5.41, 5.74) is 4.15. The lowest BCUT2D eigenvalue weighted by atomic mass is 9.63. The molecule has 148 valence electrons. The van der Waals surface area contributed by atoms with Gasteiger partial charge in [0.2, 0.25) is 0 Å². The molecular formula is C23H22IN3O2. The minimum absolute atomic E-state index is 0.137. The van der Waals surface area contributed by atoms with Crippen molar-refractivity contribution in [3.63, 3.8) is 0 Å². The quantitative estimate of drug-likeness (QED) is 0.275. The summed E-state index contributed by atoms with van der Waals surface area (Å²) in [5, 5.41) is 5.50. The van der Waals surface area contributed by atoms with E-state index in [1.807, 2.05) is 25.1 Å². The summed E-state index contributed by atoms with van der Waals surface area (Å²) in [7, 11) is 0. The number of para-hydroxylation sites is 1. The Morgan fingerprint density at radius 1 is 1.03 bits per heavy atom. The van der Waals surface area contributed by atoms with Crippen LogP contribution in [0.25, 0.3) is 5.69 Å². The van der Waals surface area contributed by atoms with Crippen LogP contribution in [0.2, 0.25) is 0 Å². The van der Waals surface area contributed by atoms with Gasteiger partial charge in [-0.25, -0.2) is 0 Å². The first-order valence-corrected chi connectivity index (χ1v) is 11.1. The molecule has 0 N–H and O–H groups in total. The Morgan fingerprint density at radius 3 is 2.24 bits per heavy atom. The number of aromatic nitrogens is 1. The summed E-state index contributed by atoms with van der Waals surface area (Å²) in [6.07, 6.45) is 7.91. The van der Waals surface area contributed by atoms with Gasteiger partial charge in [0.1, 0.15) is 0 Å². The second kappa shape index (κ2) is 6.93. The summed E-state index contributed by atoms with van der Waals surface area (Å²) in [6.45, 7) is 4.09. The van der Waals surface area contributed by atoms with Crippen molar-refractivity contribution < 1.29 is 9.59 Å². The molecule has 2 heterocycles. The Balaban J connectivity index is 1.46. The Bertz CT molecular complexity index is 1050. The van der Waals surface area contributed by atoms with E-state index < -0.39 is 0 Å². The number of rotatable bonds is 3. The maximum absolute atomic E-state index is 12.9. The second-order valence-electron chi connectivity index (χ2n) is 8.19. The average molecular weight is 499 g/mol. The van der Waals surface area contributed by atoms with E-state index in [1.54, 1.807) is 6.21 Å². The molecule has 0 radical (unpaired) electrons. The number of benzene rings is 1. The zero-order valence-corrected chi connectivity index (χ0v) is 18.5. The molecule has 3 aliphatic carbocycles. The third-order valence-corrected chi connectivity index (χ3v) is 7.52. The maximum atomic E-state index is 12.9. The third kappa shape index (κ3) is 2.83. The van der Waals surface area contributed by atoms with Crippen LogP contribution in [0.5, 0.6) is 0 Å². The SMILES string of the molecule is Cc1cc(/C=N\N2C(=O)[C@@H]3[C@H](C2=O)[C@H]2C=C[C@H]3CC2)c(C)n1-c1ccccc1I. The van der Waals surface area contributed by atoms with E-state index in [9.17, 15) is 9.59 Å². The number of fused-ring (bicyclic) bond motifs is 1. The zero-order chi connectivity index (χ0) is 20.3. The molecule has 1 saturated carbocycles. The van der Waals surface area contributed by atoms with Crippen molar-refractivity contribution >= 4 is 40.6 Å². The first-order valence-electron chi connectivity index (χ1n) is 10.0. The van der Waals surface area contributed by atoms with E-state index in [1.165, 1.54) is 0 Å². The van der Waals surface area contributed by atoms with Crippen LogP contribution in [0.3, 0.4) is 0 Å². The number of carbonyl (C=O) groups is 2. The number of hydrogen-bond acceptors (Lipinski definition) is 3. The van der Waals surface area contributed by atoms with Crippen molar-refractivity contribution in [3.8, 4) is 5.69 Å². The minimum atomic E-state index is -0.221. The van der Waals surface area contributed by atoms with Gasteiger partial charge in [-0.05, 0) is 79.3 Å². The highest BCUT2D eigenvalue weighted by molar-refractivity contribution is 14.1. The average Bonchev–Trinajstić information content (AvgIpc) is 3.16. The van der Waals surface area contributed by atoms with Crippen molar-refractivity contribution in [1.29, 1.82) is 0 Å². The molecule has 4 atom stereocenters. The van der Waals surface area contributed by atoms with Crippen LogP contribution < -0.4 is 0 Å². The highest BCUT2D eigenvalue weighted by Gasteiger charge is 2.56. The van der Waals surface area contributed by atoms with E-state index in [0.29, 0.717) is 0 Å². The molecule has 2 fully saturated rings. The van der Waals surface area contributed by atoms with Gasteiger partial charge in [0.05, 0.1) is 23.7 Å². The highest BCUT2D eigenvalue weighted by atomic mass is 127. The van der Waals surface area contributed by atoms with Gasteiger partial charge >= 0.3 is 0 Å². The molecule has 2 aromatic rings. The largest absolute Gasteiger partial charge is 0.317 e. The maximum Gasteiger partial charge on any atom is 0.254 e. The van der Waals surface area contributed by atoms with Gasteiger partial charge in [0.15, 0.2) is 0 Å². The molecule has 1 saturated heterocycles. The molecule has 6 heteroatoms. The number of amides is 2. The zero-order valence-electron chi connectivity index (χ0n) is 16.4. The summed E-state index contributed by atoms with van der Waals surface area (Å²) in [5.74, 6) is -0.342. The lowest BCUT2D eigenvalue weighted by molar-refractivity contribution is -0.140. The number of allylic oxidation sites excluding steroid dienone is 2. The van der Waals surface area contributed by atoms with Crippen molar-refractivity contribution in [2.75, 3.05) is 0 Å². The molecule has 2 bridgehead atoms. The molecule has 5 nitrogen and oxygen atoms in total. The van der Waals surface area contributed by atoms with Crippen LogP contribution >= 0.6 is 22.6 Å². The number of imide groups is 1. The molecular weight excluding hydrogens is 477 g/mol. The summed E-state index contributed by atoms with van der Waals surface area (Å²) in [6, 6.07) is 10.3. The van der Waals surface area contributed by atoms with Crippen molar-refractivity contribution in [2.45, 2.75) is 26.7 Å². The summed E-state index contributed by atoms with van der Waals surface area (Å²) < 4.78 is 3.34. The first-order chi connectivity index (χ1) is 14.0. The fourth-order valence-corrected chi connectivity index (χ4v) is 5.84. The normalized spacial score (nSPS) is 28.0. The summed E-state index contributed by atoms with van der Waals surface area (Å²) in [4.78, 5) is 25.9. The number of nitrogens with zero attached hydrogens (tertiary/aromatic N) is 3. The van der Waals surface area contributed by atoms with Gasteiger partial charge in [-0.1, -0.05) is 24.3 Å². The van der Waals surface area contributed by atoms with Crippen LogP contribution in [0, 0.1) is 41.1 Å². The number of hydrazone groups is 1. The molecule has 1 aromatic heterocycles. The lowest BCUT2D eigenvalue weighted by Gasteiger charge is -2.37. The van der Waals surface area contributed by atoms with Gasteiger partial charge in [-0.15, -0.1) is 0 Å². The first kappa shape index (κ1) is 18.8. The van der Waals surface area contributed by atoms with Gasteiger partial charge in [-0.3, -0.25) is 9.59 Å². The molecule has 0 spiro atoms. The van der Waals surface area contributed by atoms with Crippen LogP contribution in [-0.4, -0.2) is 27.6 Å².